The van der Waals surface area contributed by atoms with E-state index in [1.54, 1.807) is 11.3 Å². The van der Waals surface area contributed by atoms with E-state index >= 15 is 0 Å². The van der Waals surface area contributed by atoms with Crippen molar-refractivity contribution in [3.8, 4) is 0 Å². The Morgan fingerprint density at radius 1 is 1.67 bits per heavy atom. The van der Waals surface area contributed by atoms with Gasteiger partial charge in [-0.25, -0.2) is 0 Å². The molecule has 0 bridgehead atoms. The first kappa shape index (κ1) is 9.71. The summed E-state index contributed by atoms with van der Waals surface area (Å²) in [5, 5.41) is 16.4. The number of aliphatic hydroxyl groups excluding tert-OH is 1. The fourth-order valence-electron chi connectivity index (χ4n) is 1.24. The van der Waals surface area contributed by atoms with Crippen LogP contribution < -0.4 is 5.32 Å². The molecule has 1 heterocycles. The van der Waals surface area contributed by atoms with E-state index in [0.29, 0.717) is 6.04 Å². The molecule has 0 radical (unpaired) electrons. The molecule has 0 spiro atoms. The summed E-state index contributed by atoms with van der Waals surface area (Å²) in [6.07, 6.45) is 0.796. The number of hydrogen-bond donors (Lipinski definition) is 2. The Kier molecular flexibility index (Phi) is 4.29. The van der Waals surface area contributed by atoms with Crippen LogP contribution in [0.15, 0.2) is 16.8 Å². The summed E-state index contributed by atoms with van der Waals surface area (Å²) in [6, 6.07) is 2.43. The van der Waals surface area contributed by atoms with Gasteiger partial charge in [0.1, 0.15) is 0 Å². The molecule has 1 aromatic heterocycles. The van der Waals surface area contributed by atoms with Crippen LogP contribution in [0.1, 0.15) is 24.9 Å². The first-order valence-corrected chi connectivity index (χ1v) is 5.19. The fraction of sp³-hybridized carbons (Fsp3) is 0.556. The minimum Gasteiger partial charge on any atom is -0.396 e. The molecule has 2 N–H and O–H groups in total. The molecular formula is C9H15NOS. The van der Waals surface area contributed by atoms with E-state index in [1.165, 1.54) is 5.56 Å². The highest BCUT2D eigenvalue weighted by atomic mass is 32.1. The minimum absolute atomic E-state index is 0.244. The second kappa shape index (κ2) is 5.30. The van der Waals surface area contributed by atoms with Crippen molar-refractivity contribution in [2.45, 2.75) is 19.4 Å². The third kappa shape index (κ3) is 2.59. The maximum atomic E-state index is 8.83. The molecule has 0 aliphatic carbocycles. The molecule has 0 fully saturated rings. The SMILES string of the molecule is CCN[C@@H](CCO)c1ccsc1. The van der Waals surface area contributed by atoms with E-state index in [0.717, 1.165) is 13.0 Å². The quantitative estimate of drug-likeness (QED) is 0.733. The largest absolute Gasteiger partial charge is 0.396 e. The lowest BCUT2D eigenvalue weighted by atomic mass is 10.1. The summed E-state index contributed by atoms with van der Waals surface area (Å²) in [7, 11) is 0. The van der Waals surface area contributed by atoms with Gasteiger partial charge < -0.3 is 10.4 Å². The summed E-state index contributed by atoms with van der Waals surface area (Å²) in [4.78, 5) is 0. The van der Waals surface area contributed by atoms with Gasteiger partial charge in [-0.3, -0.25) is 0 Å². The molecule has 0 aliphatic heterocycles. The Labute approximate surface area is 77.2 Å². The zero-order chi connectivity index (χ0) is 8.81. The highest BCUT2D eigenvalue weighted by Crippen LogP contribution is 2.18. The van der Waals surface area contributed by atoms with Crippen LogP contribution in [0.5, 0.6) is 0 Å². The number of rotatable bonds is 5. The van der Waals surface area contributed by atoms with Crippen LogP contribution in [-0.2, 0) is 0 Å². The Hall–Kier alpha value is -0.380. The van der Waals surface area contributed by atoms with Gasteiger partial charge in [-0.05, 0) is 35.4 Å². The van der Waals surface area contributed by atoms with Crippen molar-refractivity contribution < 1.29 is 5.11 Å². The van der Waals surface area contributed by atoms with Crippen LogP contribution in [0.2, 0.25) is 0 Å². The molecule has 0 saturated heterocycles. The molecule has 0 unspecified atom stereocenters. The standard InChI is InChI=1S/C9H15NOS/c1-2-10-9(3-5-11)8-4-6-12-7-8/h4,6-7,9-11H,2-3,5H2,1H3/t9-/m0/s1. The topological polar surface area (TPSA) is 32.3 Å². The number of nitrogens with one attached hydrogen (secondary N) is 1. The van der Waals surface area contributed by atoms with Gasteiger partial charge in [0.25, 0.3) is 0 Å². The van der Waals surface area contributed by atoms with Gasteiger partial charge in [0, 0.05) is 12.6 Å². The monoisotopic (exact) mass is 185 g/mol. The van der Waals surface area contributed by atoms with Crippen LogP contribution >= 0.6 is 11.3 Å². The summed E-state index contributed by atoms with van der Waals surface area (Å²) in [5.74, 6) is 0. The Morgan fingerprint density at radius 3 is 3.00 bits per heavy atom. The average molecular weight is 185 g/mol. The maximum absolute atomic E-state index is 8.83. The molecule has 0 aromatic carbocycles. The summed E-state index contributed by atoms with van der Waals surface area (Å²) < 4.78 is 0. The molecule has 1 rings (SSSR count). The predicted molar refractivity (Wildman–Crippen MR) is 52.4 cm³/mol. The third-order valence-corrected chi connectivity index (χ3v) is 2.52. The highest BCUT2D eigenvalue weighted by Gasteiger charge is 2.08. The Bertz CT molecular complexity index is 192. The predicted octanol–water partition coefficient (Wildman–Crippen LogP) is 1.78. The van der Waals surface area contributed by atoms with Crippen LogP contribution in [-0.4, -0.2) is 18.3 Å². The lowest BCUT2D eigenvalue weighted by Crippen LogP contribution is -2.21. The molecule has 1 atom stereocenters. The van der Waals surface area contributed by atoms with Gasteiger partial charge in [-0.1, -0.05) is 6.92 Å². The number of hydrogen-bond acceptors (Lipinski definition) is 3. The van der Waals surface area contributed by atoms with Gasteiger partial charge in [0.05, 0.1) is 0 Å². The van der Waals surface area contributed by atoms with Crippen molar-refractivity contribution in [2.75, 3.05) is 13.2 Å². The first-order valence-electron chi connectivity index (χ1n) is 4.24. The van der Waals surface area contributed by atoms with Crippen molar-refractivity contribution in [1.29, 1.82) is 0 Å². The molecule has 2 nitrogen and oxygen atoms in total. The van der Waals surface area contributed by atoms with Gasteiger partial charge in [0.2, 0.25) is 0 Å². The molecule has 0 saturated carbocycles. The van der Waals surface area contributed by atoms with Gasteiger partial charge in [0.15, 0.2) is 0 Å². The van der Waals surface area contributed by atoms with Gasteiger partial charge >= 0.3 is 0 Å². The molecule has 0 amide bonds. The lowest BCUT2D eigenvalue weighted by molar-refractivity contribution is 0.266. The summed E-state index contributed by atoms with van der Waals surface area (Å²) in [6.45, 7) is 3.27. The molecule has 0 aliphatic rings. The fourth-order valence-corrected chi connectivity index (χ4v) is 1.95. The third-order valence-electron chi connectivity index (χ3n) is 1.81. The lowest BCUT2D eigenvalue weighted by Gasteiger charge is -2.14. The van der Waals surface area contributed by atoms with Crippen molar-refractivity contribution in [3.63, 3.8) is 0 Å². The molecule has 3 heteroatoms. The highest BCUT2D eigenvalue weighted by molar-refractivity contribution is 7.07. The number of aliphatic hydroxyl groups is 1. The van der Waals surface area contributed by atoms with E-state index in [4.69, 9.17) is 5.11 Å². The zero-order valence-electron chi connectivity index (χ0n) is 7.29. The smallest absolute Gasteiger partial charge is 0.0449 e. The van der Waals surface area contributed by atoms with Crippen LogP contribution in [0.25, 0.3) is 0 Å². The van der Waals surface area contributed by atoms with Gasteiger partial charge in [-0.2, -0.15) is 11.3 Å². The second-order valence-electron chi connectivity index (χ2n) is 2.68. The second-order valence-corrected chi connectivity index (χ2v) is 3.46. The molecule has 68 valence electrons. The van der Waals surface area contributed by atoms with Crippen molar-refractivity contribution in [1.82, 2.24) is 5.32 Å². The van der Waals surface area contributed by atoms with Crippen molar-refractivity contribution in [2.24, 2.45) is 0 Å². The molecule has 12 heavy (non-hydrogen) atoms. The van der Waals surface area contributed by atoms with Crippen LogP contribution in [0.3, 0.4) is 0 Å². The summed E-state index contributed by atoms with van der Waals surface area (Å²) in [5.41, 5.74) is 1.29. The average Bonchev–Trinajstić information content (AvgIpc) is 2.56. The molecule has 1 aromatic rings. The van der Waals surface area contributed by atoms with E-state index < -0.39 is 0 Å². The van der Waals surface area contributed by atoms with E-state index in [2.05, 4.69) is 29.1 Å². The van der Waals surface area contributed by atoms with E-state index in [-0.39, 0.29) is 6.61 Å². The van der Waals surface area contributed by atoms with Crippen LogP contribution in [0, 0.1) is 0 Å². The minimum atomic E-state index is 0.244. The maximum Gasteiger partial charge on any atom is 0.0449 e. The first-order chi connectivity index (χ1) is 5.88. The zero-order valence-corrected chi connectivity index (χ0v) is 8.10. The normalized spacial score (nSPS) is 13.2. The Morgan fingerprint density at radius 2 is 2.50 bits per heavy atom. The van der Waals surface area contributed by atoms with E-state index in [9.17, 15) is 0 Å². The molecular weight excluding hydrogens is 170 g/mol. The van der Waals surface area contributed by atoms with E-state index in [1.807, 2.05) is 0 Å². The van der Waals surface area contributed by atoms with Gasteiger partial charge in [-0.15, -0.1) is 0 Å². The summed E-state index contributed by atoms with van der Waals surface area (Å²) >= 11 is 1.70. The van der Waals surface area contributed by atoms with Crippen LogP contribution in [0.4, 0.5) is 0 Å². The number of thiophene rings is 1. The van der Waals surface area contributed by atoms with Crippen molar-refractivity contribution >= 4 is 11.3 Å². The Balaban J connectivity index is 2.53. The van der Waals surface area contributed by atoms with Crippen molar-refractivity contribution in [3.05, 3.63) is 22.4 Å².